The Balaban J connectivity index is 1.43. The van der Waals surface area contributed by atoms with E-state index in [0.717, 1.165) is 17.5 Å². The van der Waals surface area contributed by atoms with Crippen molar-refractivity contribution in [1.29, 1.82) is 0 Å². The average Bonchev–Trinajstić information content (AvgIpc) is 3.39. The molecule has 1 aromatic heterocycles. The molecule has 33 heavy (non-hydrogen) atoms. The molecule has 3 rings (SSSR count). The number of nitrogens with one attached hydrogen (secondary N) is 1. The lowest BCUT2D eigenvalue weighted by Gasteiger charge is -2.23. The Hall–Kier alpha value is -3.45. The zero-order chi connectivity index (χ0) is 23.3. The molecule has 3 aromatic rings. The molecular formula is C26H28N2O4S. The van der Waals surface area contributed by atoms with Crippen molar-refractivity contribution >= 4 is 29.1 Å². The molecule has 2 aromatic carbocycles. The summed E-state index contributed by atoms with van der Waals surface area (Å²) in [5.41, 5.74) is 2.78. The number of amides is 2. The predicted octanol–water partition coefficient (Wildman–Crippen LogP) is 4.07. The Labute approximate surface area is 198 Å². The molecule has 0 aliphatic carbocycles. The molecule has 0 saturated heterocycles. The van der Waals surface area contributed by atoms with Crippen LogP contribution in [0.2, 0.25) is 0 Å². The third-order valence-electron chi connectivity index (χ3n) is 5.07. The summed E-state index contributed by atoms with van der Waals surface area (Å²) < 4.78 is 5.21. The van der Waals surface area contributed by atoms with Gasteiger partial charge < -0.3 is 15.0 Å². The van der Waals surface area contributed by atoms with Gasteiger partial charge in [-0.05, 0) is 35.4 Å². The maximum atomic E-state index is 12.8. The lowest BCUT2D eigenvalue weighted by molar-refractivity contribution is -0.152. The minimum absolute atomic E-state index is 0.139. The molecule has 0 unspecified atom stereocenters. The Morgan fingerprint density at radius 2 is 1.61 bits per heavy atom. The number of hydrogen-bond donors (Lipinski definition) is 1. The van der Waals surface area contributed by atoms with E-state index in [1.165, 1.54) is 11.3 Å². The molecule has 0 radical (unpaired) electrons. The van der Waals surface area contributed by atoms with Gasteiger partial charge in [0.05, 0.1) is 0 Å². The van der Waals surface area contributed by atoms with Gasteiger partial charge in [0.2, 0.25) is 0 Å². The van der Waals surface area contributed by atoms with E-state index < -0.39 is 5.97 Å². The van der Waals surface area contributed by atoms with Gasteiger partial charge in [0.1, 0.15) is 0 Å². The minimum Gasteiger partial charge on any atom is -0.456 e. The monoisotopic (exact) mass is 464 g/mol. The smallest absolute Gasteiger partial charge is 0.306 e. The van der Waals surface area contributed by atoms with Crippen LogP contribution in [-0.2, 0) is 27.3 Å². The lowest BCUT2D eigenvalue weighted by atomic mass is 10.1. The van der Waals surface area contributed by atoms with Crippen molar-refractivity contribution in [2.24, 2.45) is 0 Å². The number of carbonyl (C=O) groups is 3. The molecule has 6 nitrogen and oxygen atoms in total. The molecule has 0 aliphatic rings. The molecule has 0 atom stereocenters. The fourth-order valence-corrected chi connectivity index (χ4v) is 3.88. The topological polar surface area (TPSA) is 75.7 Å². The van der Waals surface area contributed by atoms with Gasteiger partial charge in [-0.1, -0.05) is 60.7 Å². The first-order valence-corrected chi connectivity index (χ1v) is 11.9. The average molecular weight is 465 g/mol. The van der Waals surface area contributed by atoms with Gasteiger partial charge in [0, 0.05) is 37.0 Å². The number of nitrogens with zero attached hydrogens (tertiary/aromatic N) is 1. The number of ether oxygens (including phenoxy) is 1. The second kappa shape index (κ2) is 13.2. The molecule has 1 heterocycles. The molecular weight excluding hydrogens is 436 g/mol. The molecule has 0 aliphatic heterocycles. The summed E-state index contributed by atoms with van der Waals surface area (Å²) in [5, 5.41) is 6.38. The zero-order valence-corrected chi connectivity index (χ0v) is 19.3. The molecule has 172 valence electrons. The quantitative estimate of drug-likeness (QED) is 0.324. The van der Waals surface area contributed by atoms with Crippen LogP contribution in [-0.4, -0.2) is 42.4 Å². The van der Waals surface area contributed by atoms with Crippen LogP contribution in [0.4, 0.5) is 0 Å². The SMILES string of the molecule is O=C(CCCNC(=O)c1ccsc1)OCC(=O)N(CCc1ccccc1)Cc1ccccc1. The summed E-state index contributed by atoms with van der Waals surface area (Å²) in [6, 6.07) is 21.5. The normalized spacial score (nSPS) is 10.4. The first-order valence-electron chi connectivity index (χ1n) is 10.9. The summed E-state index contributed by atoms with van der Waals surface area (Å²) in [6.45, 7) is 1.07. The van der Waals surface area contributed by atoms with Crippen LogP contribution in [0.3, 0.4) is 0 Å². The Morgan fingerprint density at radius 3 is 2.27 bits per heavy atom. The van der Waals surface area contributed by atoms with Gasteiger partial charge in [-0.2, -0.15) is 11.3 Å². The predicted molar refractivity (Wildman–Crippen MR) is 129 cm³/mol. The van der Waals surface area contributed by atoms with Crippen LogP contribution in [0.15, 0.2) is 77.5 Å². The molecule has 7 heteroatoms. The van der Waals surface area contributed by atoms with Gasteiger partial charge in [-0.3, -0.25) is 14.4 Å². The molecule has 2 amide bonds. The summed E-state index contributed by atoms with van der Waals surface area (Å²) in [7, 11) is 0. The van der Waals surface area contributed by atoms with Crippen LogP contribution >= 0.6 is 11.3 Å². The second-order valence-corrected chi connectivity index (χ2v) is 8.35. The van der Waals surface area contributed by atoms with Gasteiger partial charge >= 0.3 is 5.97 Å². The summed E-state index contributed by atoms with van der Waals surface area (Å²) >= 11 is 1.46. The van der Waals surface area contributed by atoms with E-state index in [9.17, 15) is 14.4 Å². The van der Waals surface area contributed by atoms with Gasteiger partial charge in [0.15, 0.2) is 6.61 Å². The van der Waals surface area contributed by atoms with E-state index in [1.807, 2.05) is 66.0 Å². The standard InChI is InChI=1S/C26H28N2O4S/c29-24(19-32-25(30)12-7-15-27-26(31)23-14-17-33-20-23)28(18-22-10-5-2-6-11-22)16-13-21-8-3-1-4-9-21/h1-6,8-11,14,17,20H,7,12-13,15-16,18-19H2,(H,27,31). The van der Waals surface area contributed by atoms with Crippen LogP contribution in [0.5, 0.6) is 0 Å². The van der Waals surface area contributed by atoms with Crippen LogP contribution in [0, 0.1) is 0 Å². The van der Waals surface area contributed by atoms with Gasteiger partial charge in [0.25, 0.3) is 11.8 Å². The highest BCUT2D eigenvalue weighted by atomic mass is 32.1. The summed E-state index contributed by atoms with van der Waals surface area (Å²) in [5.74, 6) is -0.834. The van der Waals surface area contributed by atoms with E-state index in [0.29, 0.717) is 31.6 Å². The highest BCUT2D eigenvalue weighted by Crippen LogP contribution is 2.09. The lowest BCUT2D eigenvalue weighted by Crippen LogP contribution is -2.36. The number of benzene rings is 2. The number of esters is 1. The highest BCUT2D eigenvalue weighted by Gasteiger charge is 2.16. The molecule has 0 saturated carbocycles. The van der Waals surface area contributed by atoms with Crippen LogP contribution in [0.25, 0.3) is 0 Å². The maximum absolute atomic E-state index is 12.8. The van der Waals surface area contributed by atoms with Crippen molar-refractivity contribution in [2.75, 3.05) is 19.7 Å². The Bertz CT molecular complexity index is 1010. The summed E-state index contributed by atoms with van der Waals surface area (Å²) in [6.07, 6.45) is 1.31. The molecule has 0 fully saturated rings. The fraction of sp³-hybridized carbons (Fsp3) is 0.269. The Morgan fingerprint density at radius 1 is 0.909 bits per heavy atom. The Kier molecular flexibility index (Phi) is 9.66. The van der Waals surface area contributed by atoms with Gasteiger partial charge in [-0.25, -0.2) is 0 Å². The third kappa shape index (κ3) is 8.54. The third-order valence-corrected chi connectivity index (χ3v) is 5.75. The minimum atomic E-state index is -0.448. The van der Waals surface area contributed by atoms with E-state index in [-0.39, 0.29) is 24.8 Å². The van der Waals surface area contributed by atoms with Crippen LogP contribution in [0.1, 0.15) is 34.3 Å². The number of hydrogen-bond acceptors (Lipinski definition) is 5. The highest BCUT2D eigenvalue weighted by molar-refractivity contribution is 7.08. The van der Waals surface area contributed by atoms with Crippen molar-refractivity contribution in [3.05, 3.63) is 94.2 Å². The van der Waals surface area contributed by atoms with E-state index in [1.54, 1.807) is 16.3 Å². The number of thiophene rings is 1. The maximum Gasteiger partial charge on any atom is 0.306 e. The fourth-order valence-electron chi connectivity index (χ4n) is 3.24. The summed E-state index contributed by atoms with van der Waals surface area (Å²) in [4.78, 5) is 38.5. The van der Waals surface area contributed by atoms with Crippen molar-refractivity contribution in [1.82, 2.24) is 10.2 Å². The van der Waals surface area contributed by atoms with Crippen molar-refractivity contribution < 1.29 is 19.1 Å². The zero-order valence-electron chi connectivity index (χ0n) is 18.4. The van der Waals surface area contributed by atoms with E-state index >= 15 is 0 Å². The van der Waals surface area contributed by atoms with Crippen molar-refractivity contribution in [2.45, 2.75) is 25.8 Å². The number of carbonyl (C=O) groups excluding carboxylic acids is 3. The number of rotatable bonds is 12. The first kappa shape index (κ1) is 24.2. The van der Waals surface area contributed by atoms with Gasteiger partial charge in [-0.15, -0.1) is 0 Å². The molecule has 0 bridgehead atoms. The van der Waals surface area contributed by atoms with Crippen molar-refractivity contribution in [3.63, 3.8) is 0 Å². The second-order valence-electron chi connectivity index (χ2n) is 7.57. The van der Waals surface area contributed by atoms with Crippen molar-refractivity contribution in [3.8, 4) is 0 Å². The largest absolute Gasteiger partial charge is 0.456 e. The van der Waals surface area contributed by atoms with Crippen LogP contribution < -0.4 is 5.32 Å². The first-order chi connectivity index (χ1) is 16.1. The van der Waals surface area contributed by atoms with E-state index in [4.69, 9.17) is 4.74 Å². The van der Waals surface area contributed by atoms with E-state index in [2.05, 4.69) is 5.32 Å². The molecule has 0 spiro atoms. The molecule has 1 N–H and O–H groups in total.